The highest BCUT2D eigenvalue weighted by atomic mass is 35.5. The van der Waals surface area contributed by atoms with Crippen molar-refractivity contribution in [2.75, 3.05) is 18.1 Å². The molecule has 1 unspecified atom stereocenters. The van der Waals surface area contributed by atoms with Crippen molar-refractivity contribution in [2.24, 2.45) is 23.5 Å². The third kappa shape index (κ3) is 11.8. The SMILES string of the molecule is CCCC(CC(=O)[C@@H]1CC2(CN1C(=O)[C@@H](CC(=O)c1ccc(Cl)c(Cl)c1OC=O)C1CCCCC1)SCCCS2)C(=O)C(=O)CCC(=O)N[C@H](C(N)=O)c1ccccc1. The number of benzene rings is 2. The summed E-state index contributed by atoms with van der Waals surface area (Å²) in [5, 5.41) is 2.53. The Kier molecular flexibility index (Phi) is 17.0. The smallest absolute Gasteiger partial charge is 0.298 e. The minimum Gasteiger partial charge on any atom is -0.426 e. The molecule has 0 bridgehead atoms. The molecule has 0 aromatic heterocycles. The Bertz CT molecular complexity index is 1900. The Morgan fingerprint density at radius 1 is 0.949 bits per heavy atom. The fourth-order valence-electron chi connectivity index (χ4n) is 8.44. The quantitative estimate of drug-likeness (QED) is 0.0785. The molecule has 3 aliphatic rings. The molecule has 318 valence electrons. The van der Waals surface area contributed by atoms with Gasteiger partial charge in [-0.25, -0.2) is 0 Å². The lowest BCUT2D eigenvalue weighted by Gasteiger charge is -2.35. The van der Waals surface area contributed by atoms with Crippen LogP contribution in [0.3, 0.4) is 0 Å². The number of ketones is 4. The van der Waals surface area contributed by atoms with Gasteiger partial charge in [-0.15, -0.1) is 23.5 Å². The molecule has 2 saturated heterocycles. The molecule has 2 heterocycles. The Morgan fingerprint density at radius 3 is 2.29 bits per heavy atom. The van der Waals surface area contributed by atoms with Crippen LogP contribution in [0.15, 0.2) is 42.5 Å². The summed E-state index contributed by atoms with van der Waals surface area (Å²) in [6.07, 6.45) is 5.13. The molecule has 0 radical (unpaired) electrons. The maximum absolute atomic E-state index is 15.0. The molecule has 2 aromatic rings. The number of hydrogen-bond acceptors (Lipinski definition) is 11. The van der Waals surface area contributed by atoms with Gasteiger partial charge in [-0.1, -0.05) is 86.1 Å². The van der Waals surface area contributed by atoms with E-state index in [1.165, 1.54) is 12.1 Å². The number of rotatable bonds is 20. The number of carbonyl (C=O) groups is 8. The molecule has 5 rings (SSSR count). The lowest BCUT2D eigenvalue weighted by atomic mass is 9.76. The third-order valence-electron chi connectivity index (χ3n) is 11.5. The maximum Gasteiger partial charge on any atom is 0.298 e. The van der Waals surface area contributed by atoms with E-state index >= 15 is 0 Å². The minimum atomic E-state index is -1.11. The highest BCUT2D eigenvalue weighted by molar-refractivity contribution is 8.18. The second-order valence-electron chi connectivity index (χ2n) is 15.5. The van der Waals surface area contributed by atoms with Crippen molar-refractivity contribution in [2.45, 2.75) is 107 Å². The van der Waals surface area contributed by atoms with Crippen molar-refractivity contribution < 1.29 is 43.1 Å². The van der Waals surface area contributed by atoms with Crippen LogP contribution in [-0.2, 0) is 33.6 Å². The van der Waals surface area contributed by atoms with Crippen molar-refractivity contribution in [3.05, 3.63) is 63.6 Å². The first kappa shape index (κ1) is 46.3. The number of ether oxygens (including phenoxy) is 1. The van der Waals surface area contributed by atoms with E-state index in [0.717, 1.165) is 50.0 Å². The number of primary amides is 1. The van der Waals surface area contributed by atoms with E-state index in [2.05, 4.69) is 5.32 Å². The van der Waals surface area contributed by atoms with Gasteiger partial charge in [0.05, 0.1) is 20.7 Å². The maximum atomic E-state index is 15.0. The first-order valence-electron chi connectivity index (χ1n) is 20.2. The molecule has 1 saturated carbocycles. The van der Waals surface area contributed by atoms with Crippen LogP contribution in [0.4, 0.5) is 0 Å². The van der Waals surface area contributed by atoms with Gasteiger partial charge >= 0.3 is 0 Å². The van der Waals surface area contributed by atoms with E-state index in [-0.39, 0.29) is 77.7 Å². The molecule has 59 heavy (non-hydrogen) atoms. The molecule has 1 aliphatic carbocycles. The number of nitrogens with one attached hydrogen (secondary N) is 1. The number of nitrogens with two attached hydrogens (primary N) is 1. The number of carbonyl (C=O) groups excluding carboxylic acids is 8. The van der Waals surface area contributed by atoms with E-state index in [0.29, 0.717) is 18.4 Å². The van der Waals surface area contributed by atoms with Crippen molar-refractivity contribution in [1.82, 2.24) is 10.2 Å². The molecule has 2 aromatic carbocycles. The van der Waals surface area contributed by atoms with Crippen LogP contribution in [0.1, 0.15) is 112 Å². The predicted molar refractivity (Wildman–Crippen MR) is 228 cm³/mol. The number of nitrogens with zero attached hydrogens (tertiary/aromatic N) is 1. The highest BCUT2D eigenvalue weighted by Gasteiger charge is 2.52. The van der Waals surface area contributed by atoms with Gasteiger partial charge in [0.2, 0.25) is 23.5 Å². The Balaban J connectivity index is 1.34. The van der Waals surface area contributed by atoms with E-state index in [4.69, 9.17) is 33.7 Å². The molecule has 3 N–H and O–H groups in total. The summed E-state index contributed by atoms with van der Waals surface area (Å²) in [4.78, 5) is 108. The standard InChI is InChI=1S/C43H51Cl2N3O9S2/c1-2-10-28(39(54)33(50)17-18-36(53)47-38(41(46)55)27-13-7-4-8-14-27)21-35(52)32-23-43(58-19-9-20-59-43)24-48(32)42(56)30(26-11-5-3-6-12-26)22-34(51)29-15-16-31(44)37(45)40(29)57-25-49/h4,7-8,13-16,25-26,28,30,32,38H,2-3,5-6,9-12,17-24H2,1H3,(H2,46,55)(H,47,53)/t28?,30-,32-,38-/m0/s1. The zero-order valence-corrected chi connectivity index (χ0v) is 36.2. The van der Waals surface area contributed by atoms with E-state index in [1.807, 2.05) is 6.92 Å². The number of hydrogen-bond donors (Lipinski definition) is 2. The zero-order chi connectivity index (χ0) is 42.7. The zero-order valence-electron chi connectivity index (χ0n) is 33.1. The summed E-state index contributed by atoms with van der Waals surface area (Å²) in [6.45, 7) is 2.29. The second kappa shape index (κ2) is 21.7. The molecular formula is C43H51Cl2N3O9S2. The topological polar surface area (TPSA) is 187 Å². The summed E-state index contributed by atoms with van der Waals surface area (Å²) in [5.41, 5.74) is 6.02. The van der Waals surface area contributed by atoms with E-state index < -0.39 is 63.6 Å². The number of halogens is 2. The predicted octanol–water partition coefficient (Wildman–Crippen LogP) is 7.10. The van der Waals surface area contributed by atoms with Crippen LogP contribution in [0, 0.1) is 17.8 Å². The van der Waals surface area contributed by atoms with Crippen molar-refractivity contribution in [3.8, 4) is 5.75 Å². The van der Waals surface area contributed by atoms with Crippen molar-refractivity contribution in [3.63, 3.8) is 0 Å². The fourth-order valence-corrected chi connectivity index (χ4v) is 12.2. The summed E-state index contributed by atoms with van der Waals surface area (Å²) >= 11 is 15.9. The first-order chi connectivity index (χ1) is 28.3. The monoisotopic (exact) mass is 887 g/mol. The molecule has 3 amide bonds. The van der Waals surface area contributed by atoms with E-state index in [9.17, 15) is 38.4 Å². The molecule has 4 atom stereocenters. The number of likely N-dealkylation sites (tertiary alicyclic amines) is 1. The molecule has 12 nitrogen and oxygen atoms in total. The fraction of sp³-hybridized carbons (Fsp3) is 0.535. The number of amides is 3. The summed E-state index contributed by atoms with van der Waals surface area (Å²) < 4.78 is 4.64. The molecular weight excluding hydrogens is 838 g/mol. The lowest BCUT2D eigenvalue weighted by molar-refractivity contribution is -0.144. The summed E-state index contributed by atoms with van der Waals surface area (Å²) in [7, 11) is 0. The molecule has 3 fully saturated rings. The normalized spacial score (nSPS) is 19.3. The summed E-state index contributed by atoms with van der Waals surface area (Å²) in [5.74, 6) is -4.36. The van der Waals surface area contributed by atoms with Gasteiger partial charge in [-0.05, 0) is 60.8 Å². The van der Waals surface area contributed by atoms with Crippen molar-refractivity contribution in [1.29, 1.82) is 0 Å². The van der Waals surface area contributed by atoms with Gasteiger partial charge in [0.1, 0.15) is 11.1 Å². The Morgan fingerprint density at radius 2 is 1.64 bits per heavy atom. The van der Waals surface area contributed by atoms with Crippen molar-refractivity contribution >= 4 is 94.1 Å². The van der Waals surface area contributed by atoms with Gasteiger partial charge in [0.15, 0.2) is 23.1 Å². The van der Waals surface area contributed by atoms with Crippen LogP contribution < -0.4 is 15.8 Å². The average molecular weight is 889 g/mol. The third-order valence-corrected chi connectivity index (χ3v) is 15.6. The van der Waals surface area contributed by atoms with Crippen LogP contribution in [0.25, 0.3) is 0 Å². The van der Waals surface area contributed by atoms with Gasteiger partial charge in [-0.3, -0.25) is 38.4 Å². The highest BCUT2D eigenvalue weighted by Crippen LogP contribution is 2.51. The molecule has 1 spiro atoms. The van der Waals surface area contributed by atoms with Crippen LogP contribution in [0.5, 0.6) is 5.75 Å². The second-order valence-corrected chi connectivity index (χ2v) is 19.5. The van der Waals surface area contributed by atoms with Gasteiger partial charge in [0, 0.05) is 50.5 Å². The Hall–Kier alpha value is -3.72. The van der Waals surface area contributed by atoms with Crippen LogP contribution in [0.2, 0.25) is 10.0 Å². The summed E-state index contributed by atoms with van der Waals surface area (Å²) in [6, 6.07) is 9.28. The van der Waals surface area contributed by atoms with Crippen LogP contribution in [-0.4, -0.2) is 80.4 Å². The minimum absolute atomic E-state index is 0.0240. The van der Waals surface area contributed by atoms with Crippen LogP contribution >= 0.6 is 46.7 Å². The number of thioether (sulfide) groups is 2. The number of Topliss-reactive ketones (excluding diaryl/α,β-unsaturated/α-hetero) is 4. The first-order valence-corrected chi connectivity index (χ1v) is 22.9. The van der Waals surface area contributed by atoms with Gasteiger partial charge < -0.3 is 20.7 Å². The molecule has 2 aliphatic heterocycles. The van der Waals surface area contributed by atoms with Gasteiger partial charge in [0.25, 0.3) is 6.47 Å². The average Bonchev–Trinajstić information content (AvgIpc) is 3.61. The van der Waals surface area contributed by atoms with Gasteiger partial charge in [-0.2, -0.15) is 0 Å². The largest absolute Gasteiger partial charge is 0.426 e. The molecule has 16 heteroatoms. The Labute approximate surface area is 363 Å². The van der Waals surface area contributed by atoms with E-state index in [1.54, 1.807) is 58.8 Å². The lowest BCUT2D eigenvalue weighted by Crippen LogP contribution is -2.47.